The zero-order valence-corrected chi connectivity index (χ0v) is 8.39. The van der Waals surface area contributed by atoms with Crippen LogP contribution in [0, 0.1) is 0 Å². The SMILES string of the molecule is C=C/C=C\C=C/C/C=C\C=C/C(=C)N. The van der Waals surface area contributed by atoms with Gasteiger partial charge in [0.1, 0.15) is 0 Å². The van der Waals surface area contributed by atoms with Crippen LogP contribution in [0.4, 0.5) is 0 Å². The lowest BCUT2D eigenvalue weighted by Gasteiger charge is -1.82. The van der Waals surface area contributed by atoms with Crippen molar-refractivity contribution in [2.45, 2.75) is 6.42 Å². The Balaban J connectivity index is 3.63. The molecule has 0 aliphatic carbocycles. The molecule has 0 heterocycles. The van der Waals surface area contributed by atoms with Crippen LogP contribution in [0.2, 0.25) is 0 Å². The smallest absolute Gasteiger partial charge is 0.0240 e. The molecule has 0 amide bonds. The Hall–Kier alpha value is -1.76. The van der Waals surface area contributed by atoms with E-state index >= 15 is 0 Å². The topological polar surface area (TPSA) is 26.0 Å². The fourth-order valence-corrected chi connectivity index (χ4v) is 0.715. The van der Waals surface area contributed by atoms with E-state index in [1.807, 2.05) is 36.5 Å². The number of rotatable bonds is 6. The lowest BCUT2D eigenvalue weighted by molar-refractivity contribution is 1.39. The zero-order chi connectivity index (χ0) is 10.6. The van der Waals surface area contributed by atoms with Crippen molar-refractivity contribution in [1.82, 2.24) is 0 Å². The summed E-state index contributed by atoms with van der Waals surface area (Å²) in [5.41, 5.74) is 5.91. The molecular weight excluding hydrogens is 170 g/mol. The normalized spacial score (nSPS) is 12.3. The Morgan fingerprint density at radius 2 is 1.64 bits per heavy atom. The average Bonchev–Trinajstić information content (AvgIpc) is 2.15. The van der Waals surface area contributed by atoms with Crippen LogP contribution in [0.25, 0.3) is 0 Å². The maximum atomic E-state index is 5.34. The molecule has 0 aliphatic rings. The van der Waals surface area contributed by atoms with Gasteiger partial charge in [0.15, 0.2) is 0 Å². The highest BCUT2D eigenvalue weighted by molar-refractivity contribution is 5.17. The first kappa shape index (κ1) is 12.2. The molecule has 0 fully saturated rings. The van der Waals surface area contributed by atoms with Crippen molar-refractivity contribution in [3.63, 3.8) is 0 Å². The Morgan fingerprint density at radius 3 is 2.21 bits per heavy atom. The fourth-order valence-electron chi connectivity index (χ4n) is 0.715. The molecule has 1 nitrogen and oxygen atoms in total. The van der Waals surface area contributed by atoms with Gasteiger partial charge in [-0.15, -0.1) is 0 Å². The molecule has 0 unspecified atom stereocenters. The molecule has 74 valence electrons. The van der Waals surface area contributed by atoms with Crippen molar-refractivity contribution in [3.8, 4) is 0 Å². The molecule has 0 saturated heterocycles. The minimum Gasteiger partial charge on any atom is -0.399 e. The highest BCUT2D eigenvalue weighted by Gasteiger charge is 1.70. The second kappa shape index (κ2) is 9.33. The minimum atomic E-state index is 0.569. The predicted molar refractivity (Wildman–Crippen MR) is 64.7 cm³/mol. The quantitative estimate of drug-likeness (QED) is 0.634. The van der Waals surface area contributed by atoms with Crippen LogP contribution in [0.3, 0.4) is 0 Å². The van der Waals surface area contributed by atoms with Crippen LogP contribution in [0.15, 0.2) is 73.5 Å². The van der Waals surface area contributed by atoms with Gasteiger partial charge in [0.2, 0.25) is 0 Å². The first-order valence-electron chi connectivity index (χ1n) is 4.49. The van der Waals surface area contributed by atoms with Gasteiger partial charge in [0.05, 0.1) is 0 Å². The number of nitrogens with two attached hydrogens (primary N) is 1. The summed E-state index contributed by atoms with van der Waals surface area (Å²) in [5.74, 6) is 0. The summed E-state index contributed by atoms with van der Waals surface area (Å²) in [4.78, 5) is 0. The van der Waals surface area contributed by atoms with Crippen LogP contribution < -0.4 is 5.73 Å². The van der Waals surface area contributed by atoms with Gasteiger partial charge < -0.3 is 5.73 Å². The Labute approximate surface area is 86.3 Å². The van der Waals surface area contributed by atoms with E-state index in [0.717, 1.165) is 6.42 Å². The molecule has 0 aliphatic heterocycles. The van der Waals surface area contributed by atoms with E-state index in [0.29, 0.717) is 5.70 Å². The molecule has 0 saturated carbocycles. The van der Waals surface area contributed by atoms with Crippen molar-refractivity contribution >= 4 is 0 Å². The first-order valence-corrected chi connectivity index (χ1v) is 4.49. The summed E-state index contributed by atoms with van der Waals surface area (Å²) in [6.45, 7) is 7.12. The first-order chi connectivity index (χ1) is 6.77. The highest BCUT2D eigenvalue weighted by Crippen LogP contribution is 1.89. The van der Waals surface area contributed by atoms with E-state index in [1.165, 1.54) is 0 Å². The fraction of sp³-hybridized carbons (Fsp3) is 0.0769. The van der Waals surface area contributed by atoms with Crippen LogP contribution in [-0.2, 0) is 0 Å². The van der Waals surface area contributed by atoms with Crippen LogP contribution in [0.5, 0.6) is 0 Å². The van der Waals surface area contributed by atoms with E-state index in [4.69, 9.17) is 5.73 Å². The van der Waals surface area contributed by atoms with E-state index in [2.05, 4.69) is 19.2 Å². The molecule has 2 N–H and O–H groups in total. The van der Waals surface area contributed by atoms with Gasteiger partial charge in [-0.3, -0.25) is 0 Å². The van der Waals surface area contributed by atoms with E-state index < -0.39 is 0 Å². The van der Waals surface area contributed by atoms with E-state index in [1.54, 1.807) is 12.2 Å². The predicted octanol–water partition coefficient (Wildman–Crippen LogP) is 3.26. The van der Waals surface area contributed by atoms with Crippen molar-refractivity contribution in [2.75, 3.05) is 0 Å². The summed E-state index contributed by atoms with van der Waals surface area (Å²) in [6, 6.07) is 0. The van der Waals surface area contributed by atoms with Gasteiger partial charge in [0.25, 0.3) is 0 Å². The average molecular weight is 187 g/mol. The lowest BCUT2D eigenvalue weighted by atomic mass is 10.3. The summed E-state index contributed by atoms with van der Waals surface area (Å²) in [5, 5.41) is 0. The van der Waals surface area contributed by atoms with Gasteiger partial charge in [0, 0.05) is 5.70 Å². The lowest BCUT2D eigenvalue weighted by Crippen LogP contribution is -1.87. The van der Waals surface area contributed by atoms with Crippen molar-refractivity contribution in [1.29, 1.82) is 0 Å². The van der Waals surface area contributed by atoms with Crippen molar-refractivity contribution in [3.05, 3.63) is 73.5 Å². The van der Waals surface area contributed by atoms with Gasteiger partial charge in [-0.05, 0) is 12.5 Å². The summed E-state index contributed by atoms with van der Waals surface area (Å²) in [7, 11) is 0. The molecule has 0 aromatic carbocycles. The van der Waals surface area contributed by atoms with Crippen LogP contribution in [0.1, 0.15) is 6.42 Å². The Bertz CT molecular complexity index is 278. The highest BCUT2D eigenvalue weighted by atomic mass is 14.5. The largest absolute Gasteiger partial charge is 0.399 e. The van der Waals surface area contributed by atoms with Gasteiger partial charge in [-0.25, -0.2) is 0 Å². The second-order valence-corrected chi connectivity index (χ2v) is 2.65. The van der Waals surface area contributed by atoms with Gasteiger partial charge in [-0.2, -0.15) is 0 Å². The number of hydrogen-bond acceptors (Lipinski definition) is 1. The summed E-state index contributed by atoms with van der Waals surface area (Å²) >= 11 is 0. The third-order valence-corrected chi connectivity index (χ3v) is 1.32. The monoisotopic (exact) mass is 187 g/mol. The maximum Gasteiger partial charge on any atom is 0.0240 e. The molecule has 0 rings (SSSR count). The standard InChI is InChI=1S/C13H17N/c1-3-4-5-6-7-8-9-10-11-12-13(2)14/h3-7,9-12H,1-2,8,14H2/b5-4-,7-6-,10-9-,12-11-. The molecule has 0 atom stereocenters. The Morgan fingerprint density at radius 1 is 1.00 bits per heavy atom. The zero-order valence-electron chi connectivity index (χ0n) is 8.39. The Kier molecular flexibility index (Phi) is 8.16. The molecule has 0 bridgehead atoms. The van der Waals surface area contributed by atoms with E-state index in [-0.39, 0.29) is 0 Å². The third-order valence-electron chi connectivity index (χ3n) is 1.32. The molecular formula is C13H17N. The molecule has 1 heteroatoms. The number of allylic oxidation sites excluding steroid dienone is 9. The van der Waals surface area contributed by atoms with Crippen molar-refractivity contribution in [2.24, 2.45) is 5.73 Å². The van der Waals surface area contributed by atoms with Gasteiger partial charge in [-0.1, -0.05) is 61.8 Å². The molecule has 0 aromatic rings. The van der Waals surface area contributed by atoms with Crippen LogP contribution in [-0.4, -0.2) is 0 Å². The number of hydrogen-bond donors (Lipinski definition) is 1. The second-order valence-electron chi connectivity index (χ2n) is 2.65. The minimum absolute atomic E-state index is 0.569. The molecule has 0 spiro atoms. The third kappa shape index (κ3) is 10.2. The van der Waals surface area contributed by atoms with Crippen LogP contribution >= 0.6 is 0 Å². The van der Waals surface area contributed by atoms with Gasteiger partial charge >= 0.3 is 0 Å². The van der Waals surface area contributed by atoms with E-state index in [9.17, 15) is 0 Å². The molecule has 0 radical (unpaired) electrons. The summed E-state index contributed by atoms with van der Waals surface area (Å²) < 4.78 is 0. The van der Waals surface area contributed by atoms with Crippen molar-refractivity contribution < 1.29 is 0 Å². The summed E-state index contributed by atoms with van der Waals surface area (Å²) in [6.07, 6.45) is 18.1. The maximum absolute atomic E-state index is 5.34. The molecule has 0 aromatic heterocycles. The molecule has 14 heavy (non-hydrogen) atoms.